The minimum absolute atomic E-state index is 0.149. The molecule has 106 valence electrons. The molecule has 0 fully saturated rings. The van der Waals surface area contributed by atoms with Gasteiger partial charge in [-0.05, 0) is 35.7 Å². The Kier molecular flexibility index (Phi) is 4.36. The summed E-state index contributed by atoms with van der Waals surface area (Å²) in [5, 5.41) is 0. The zero-order valence-electron chi connectivity index (χ0n) is 10.6. The number of aromatic nitrogens is 1. The average Bonchev–Trinajstić information content (AvgIpc) is 2.45. The van der Waals surface area contributed by atoms with Crippen LogP contribution in [0.2, 0.25) is 0 Å². The van der Waals surface area contributed by atoms with Crippen molar-refractivity contribution in [1.82, 2.24) is 10.4 Å². The second-order valence-electron chi connectivity index (χ2n) is 4.36. The fraction of sp³-hybridized carbons (Fsp3) is 0.214. The molecular weight excluding hydrogens is 267 g/mol. The van der Waals surface area contributed by atoms with Crippen LogP contribution in [0.4, 0.5) is 13.2 Å². The molecule has 0 bridgehead atoms. The summed E-state index contributed by atoms with van der Waals surface area (Å²) in [6.07, 6.45) is -1.06. The van der Waals surface area contributed by atoms with Crippen molar-refractivity contribution in [3.8, 4) is 0 Å². The molecule has 20 heavy (non-hydrogen) atoms. The van der Waals surface area contributed by atoms with Gasteiger partial charge in [-0.1, -0.05) is 18.2 Å². The average molecular weight is 281 g/mol. The molecule has 2 aromatic rings. The maximum absolute atomic E-state index is 12.9. The molecular formula is C14H14F3N3. The van der Waals surface area contributed by atoms with Gasteiger partial charge in [0.2, 0.25) is 0 Å². The zero-order chi connectivity index (χ0) is 14.6. The molecule has 0 radical (unpaired) electrons. The Bertz CT molecular complexity index is 555. The molecule has 1 atom stereocenters. The largest absolute Gasteiger partial charge is 0.416 e. The maximum Gasteiger partial charge on any atom is 0.416 e. The molecule has 0 saturated heterocycles. The Morgan fingerprint density at radius 1 is 1.10 bits per heavy atom. The number of hydrogen-bond acceptors (Lipinski definition) is 3. The predicted molar refractivity (Wildman–Crippen MR) is 69.4 cm³/mol. The summed E-state index contributed by atoms with van der Waals surface area (Å²) in [6.45, 7) is 0. The number of hydrazine groups is 1. The smallest absolute Gasteiger partial charge is 0.271 e. The molecule has 0 aliphatic carbocycles. The number of nitrogens with zero attached hydrogens (tertiary/aromatic N) is 1. The van der Waals surface area contributed by atoms with Crippen molar-refractivity contribution in [2.45, 2.75) is 18.6 Å². The fourth-order valence-electron chi connectivity index (χ4n) is 2.06. The third-order valence-electron chi connectivity index (χ3n) is 3.06. The molecule has 6 heteroatoms. The van der Waals surface area contributed by atoms with E-state index in [1.54, 1.807) is 30.6 Å². The lowest BCUT2D eigenvalue weighted by molar-refractivity contribution is -0.138. The number of nitrogens with two attached hydrogens (primary N) is 1. The van der Waals surface area contributed by atoms with E-state index < -0.39 is 17.8 Å². The van der Waals surface area contributed by atoms with Crippen LogP contribution in [0.5, 0.6) is 0 Å². The Morgan fingerprint density at radius 2 is 1.75 bits per heavy atom. The first kappa shape index (κ1) is 14.5. The van der Waals surface area contributed by atoms with Crippen molar-refractivity contribution in [3.05, 3.63) is 65.5 Å². The van der Waals surface area contributed by atoms with Crippen molar-refractivity contribution < 1.29 is 13.2 Å². The molecule has 0 saturated carbocycles. The first-order valence-electron chi connectivity index (χ1n) is 6.03. The van der Waals surface area contributed by atoms with E-state index in [1.807, 2.05) is 0 Å². The van der Waals surface area contributed by atoms with Gasteiger partial charge in [0.05, 0.1) is 11.6 Å². The van der Waals surface area contributed by atoms with Gasteiger partial charge in [-0.2, -0.15) is 13.2 Å². The molecule has 3 nitrogen and oxygen atoms in total. The summed E-state index contributed by atoms with van der Waals surface area (Å²) in [5.74, 6) is 5.46. The van der Waals surface area contributed by atoms with E-state index in [1.165, 1.54) is 12.1 Å². The molecule has 3 N–H and O–H groups in total. The van der Waals surface area contributed by atoms with Gasteiger partial charge < -0.3 is 0 Å². The van der Waals surface area contributed by atoms with Gasteiger partial charge in [0.1, 0.15) is 0 Å². The SMILES string of the molecule is NNC(Cc1ccccc1C(F)(F)F)c1ccncc1. The summed E-state index contributed by atoms with van der Waals surface area (Å²) in [4.78, 5) is 3.88. The number of benzene rings is 1. The molecule has 0 amide bonds. The first-order valence-corrected chi connectivity index (χ1v) is 6.03. The van der Waals surface area contributed by atoms with Crippen LogP contribution in [0.25, 0.3) is 0 Å². The Labute approximate surface area is 114 Å². The van der Waals surface area contributed by atoms with Crippen molar-refractivity contribution >= 4 is 0 Å². The summed E-state index contributed by atoms with van der Waals surface area (Å²) < 4.78 is 38.8. The van der Waals surface area contributed by atoms with Crippen molar-refractivity contribution in [3.63, 3.8) is 0 Å². The van der Waals surface area contributed by atoms with Gasteiger partial charge in [0.25, 0.3) is 0 Å². The van der Waals surface area contributed by atoms with E-state index in [0.717, 1.165) is 11.6 Å². The summed E-state index contributed by atoms with van der Waals surface area (Å²) >= 11 is 0. The van der Waals surface area contributed by atoms with Crippen molar-refractivity contribution in [1.29, 1.82) is 0 Å². The van der Waals surface area contributed by atoms with Crippen LogP contribution >= 0.6 is 0 Å². The summed E-state index contributed by atoms with van der Waals surface area (Å²) in [7, 11) is 0. The monoisotopic (exact) mass is 281 g/mol. The van der Waals surface area contributed by atoms with Crippen LogP contribution in [0.3, 0.4) is 0 Å². The molecule has 0 aliphatic heterocycles. The molecule has 0 aliphatic rings. The van der Waals surface area contributed by atoms with Gasteiger partial charge in [-0.3, -0.25) is 16.3 Å². The predicted octanol–water partition coefficient (Wildman–Crippen LogP) is 2.85. The number of nitrogens with one attached hydrogen (secondary N) is 1. The zero-order valence-corrected chi connectivity index (χ0v) is 10.6. The van der Waals surface area contributed by atoms with Gasteiger partial charge in [0, 0.05) is 12.4 Å². The van der Waals surface area contributed by atoms with Crippen LogP contribution in [0.15, 0.2) is 48.8 Å². The van der Waals surface area contributed by atoms with Crippen molar-refractivity contribution in [2.24, 2.45) is 5.84 Å². The van der Waals surface area contributed by atoms with E-state index in [0.29, 0.717) is 0 Å². The van der Waals surface area contributed by atoms with Gasteiger partial charge in [-0.25, -0.2) is 0 Å². The Balaban J connectivity index is 2.29. The van der Waals surface area contributed by atoms with Gasteiger partial charge in [-0.15, -0.1) is 0 Å². The van der Waals surface area contributed by atoms with E-state index >= 15 is 0 Å². The van der Waals surface area contributed by atoms with Gasteiger partial charge in [0.15, 0.2) is 0 Å². The number of alkyl halides is 3. The normalized spacial score (nSPS) is 13.2. The van der Waals surface area contributed by atoms with Crippen LogP contribution in [0, 0.1) is 0 Å². The fourth-order valence-corrected chi connectivity index (χ4v) is 2.06. The molecule has 1 aromatic carbocycles. The quantitative estimate of drug-likeness (QED) is 0.669. The third-order valence-corrected chi connectivity index (χ3v) is 3.06. The number of rotatable bonds is 4. The molecule has 1 unspecified atom stereocenters. The van der Waals surface area contributed by atoms with Crippen molar-refractivity contribution in [2.75, 3.05) is 0 Å². The van der Waals surface area contributed by atoms with E-state index in [-0.39, 0.29) is 12.0 Å². The second kappa shape index (κ2) is 6.02. The third kappa shape index (κ3) is 3.34. The highest BCUT2D eigenvalue weighted by Crippen LogP contribution is 2.33. The Hall–Kier alpha value is -1.92. The number of pyridine rings is 1. The van der Waals surface area contributed by atoms with Crippen LogP contribution in [-0.4, -0.2) is 4.98 Å². The maximum atomic E-state index is 12.9. The summed E-state index contributed by atoms with van der Waals surface area (Å²) in [6, 6.07) is 8.56. The Morgan fingerprint density at radius 3 is 2.35 bits per heavy atom. The highest BCUT2D eigenvalue weighted by atomic mass is 19.4. The minimum Gasteiger partial charge on any atom is -0.271 e. The molecule has 1 aromatic heterocycles. The first-order chi connectivity index (χ1) is 9.52. The summed E-state index contributed by atoms with van der Waals surface area (Å²) in [5.41, 5.74) is 2.92. The lowest BCUT2D eigenvalue weighted by atomic mass is 9.96. The standard InChI is InChI=1S/C14H14F3N3/c15-14(16,17)12-4-2-1-3-11(12)9-13(20-18)10-5-7-19-8-6-10/h1-8,13,20H,9,18H2. The molecule has 1 heterocycles. The number of halogens is 3. The van der Waals surface area contributed by atoms with Crippen LogP contribution in [0.1, 0.15) is 22.7 Å². The minimum atomic E-state index is -4.37. The van der Waals surface area contributed by atoms with Crippen LogP contribution in [-0.2, 0) is 12.6 Å². The topological polar surface area (TPSA) is 50.9 Å². The lowest BCUT2D eigenvalue weighted by Gasteiger charge is -2.19. The van der Waals surface area contributed by atoms with Gasteiger partial charge >= 0.3 is 6.18 Å². The van der Waals surface area contributed by atoms with E-state index in [9.17, 15) is 13.2 Å². The second-order valence-corrected chi connectivity index (χ2v) is 4.36. The highest BCUT2D eigenvalue weighted by molar-refractivity contribution is 5.31. The number of hydrogen-bond donors (Lipinski definition) is 2. The van der Waals surface area contributed by atoms with E-state index in [2.05, 4.69) is 10.4 Å². The molecule has 0 spiro atoms. The molecule has 2 rings (SSSR count). The highest BCUT2D eigenvalue weighted by Gasteiger charge is 2.33. The van der Waals surface area contributed by atoms with Crippen LogP contribution < -0.4 is 11.3 Å². The lowest BCUT2D eigenvalue weighted by Crippen LogP contribution is -2.30. The van der Waals surface area contributed by atoms with E-state index in [4.69, 9.17) is 5.84 Å².